The maximum Gasteiger partial charge on any atom is 0.229 e. The lowest BCUT2D eigenvalue weighted by atomic mass is 10.1. The molecule has 0 radical (unpaired) electrons. The first kappa shape index (κ1) is 22.1. The monoisotopic (exact) mass is 462 g/mol. The molecule has 4 rings (SSSR count). The van der Waals surface area contributed by atoms with Gasteiger partial charge in [-0.2, -0.15) is 5.10 Å². The van der Waals surface area contributed by atoms with E-state index in [1.54, 1.807) is 28.1 Å². The Labute approximate surface area is 188 Å². The predicted octanol–water partition coefficient (Wildman–Crippen LogP) is 5.23. The van der Waals surface area contributed by atoms with Gasteiger partial charge in [-0.1, -0.05) is 11.6 Å². The summed E-state index contributed by atoms with van der Waals surface area (Å²) < 4.78 is 43.2. The van der Waals surface area contributed by atoms with E-state index in [4.69, 9.17) is 11.6 Å². The minimum Gasteiger partial charge on any atom is -0.340 e. The van der Waals surface area contributed by atoms with Crippen LogP contribution >= 0.6 is 11.6 Å². The largest absolute Gasteiger partial charge is 0.340 e. The second-order valence-corrected chi connectivity index (χ2v) is 9.07. The number of aromatic nitrogens is 2. The van der Waals surface area contributed by atoms with Gasteiger partial charge in [-0.25, -0.2) is 23.2 Å². The Morgan fingerprint density at radius 1 is 1.06 bits per heavy atom. The number of guanidine groups is 1. The van der Waals surface area contributed by atoms with Gasteiger partial charge in [0.2, 0.25) is 5.96 Å². The average molecular weight is 463 g/mol. The first-order chi connectivity index (χ1) is 15.0. The van der Waals surface area contributed by atoms with E-state index in [0.29, 0.717) is 23.4 Å². The number of rotatable bonds is 3. The van der Waals surface area contributed by atoms with Crippen molar-refractivity contribution in [1.82, 2.24) is 19.6 Å². The Hall–Kier alpha value is -3.07. The molecule has 0 aliphatic carbocycles. The normalized spacial score (nSPS) is 15.9. The van der Waals surface area contributed by atoms with Crippen LogP contribution in [0.2, 0.25) is 5.02 Å². The average Bonchev–Trinajstić information content (AvgIpc) is 3.05. The lowest BCUT2D eigenvalue weighted by molar-refractivity contribution is 0.162. The second-order valence-electron chi connectivity index (χ2n) is 8.66. The SMILES string of the molecule is Cn1cc2cc(N=C3N=CN(C(C)(C)C)CN3Cc3cc(F)c(F)cc3F)c(Cl)cc2n1. The standard InChI is InChI=1S/C22H22ClF3N6/c1-22(2,3)32-11-27-21(28-20-6-14-9-30(4)29-19(14)7-15(20)23)31(12-32)10-13-5-17(25)18(26)8-16(13)24/h5-9,11H,10,12H2,1-4H3. The fraction of sp³-hybridized carbons (Fsp3) is 0.318. The molecule has 2 aromatic carbocycles. The van der Waals surface area contributed by atoms with Crippen LogP contribution in [-0.2, 0) is 13.6 Å². The van der Waals surface area contributed by atoms with Crippen molar-refractivity contribution in [3.05, 3.63) is 58.5 Å². The van der Waals surface area contributed by atoms with Crippen molar-refractivity contribution in [3.63, 3.8) is 0 Å². The van der Waals surface area contributed by atoms with Gasteiger partial charge >= 0.3 is 0 Å². The van der Waals surface area contributed by atoms with Crippen molar-refractivity contribution in [2.75, 3.05) is 6.67 Å². The number of nitrogens with zero attached hydrogens (tertiary/aromatic N) is 6. The number of hydrogen-bond donors (Lipinski definition) is 0. The van der Waals surface area contributed by atoms with E-state index < -0.39 is 17.5 Å². The van der Waals surface area contributed by atoms with Crippen LogP contribution in [0.1, 0.15) is 26.3 Å². The number of benzene rings is 2. The molecule has 0 amide bonds. The summed E-state index contributed by atoms with van der Waals surface area (Å²) in [6.07, 6.45) is 3.50. The van der Waals surface area contributed by atoms with E-state index in [1.165, 1.54) is 0 Å². The molecule has 0 fully saturated rings. The number of fused-ring (bicyclic) bond motifs is 1. The van der Waals surface area contributed by atoms with Crippen LogP contribution in [0, 0.1) is 17.5 Å². The molecule has 1 aliphatic heterocycles. The number of halogens is 4. The summed E-state index contributed by atoms with van der Waals surface area (Å²) in [7, 11) is 1.81. The van der Waals surface area contributed by atoms with Crippen molar-refractivity contribution >= 4 is 40.5 Å². The number of aliphatic imine (C=N–C) groups is 2. The molecule has 0 bridgehead atoms. The molecular formula is C22H22ClF3N6. The van der Waals surface area contributed by atoms with Gasteiger partial charge in [-0.15, -0.1) is 0 Å². The van der Waals surface area contributed by atoms with Gasteiger partial charge in [-0.05, 0) is 39.0 Å². The molecule has 0 atom stereocenters. The van der Waals surface area contributed by atoms with E-state index in [1.807, 2.05) is 38.9 Å². The summed E-state index contributed by atoms with van der Waals surface area (Å²) in [5.74, 6) is -2.91. The van der Waals surface area contributed by atoms with Gasteiger partial charge in [0.25, 0.3) is 0 Å². The summed E-state index contributed by atoms with van der Waals surface area (Å²) in [5.41, 5.74) is 0.926. The Kier molecular flexibility index (Phi) is 5.62. The van der Waals surface area contributed by atoms with Crippen LogP contribution in [0.25, 0.3) is 10.9 Å². The van der Waals surface area contributed by atoms with Crippen LogP contribution in [-0.4, -0.2) is 44.1 Å². The van der Waals surface area contributed by atoms with Crippen LogP contribution in [0.15, 0.2) is 40.4 Å². The number of hydrogen-bond acceptors (Lipinski definition) is 3. The zero-order chi connectivity index (χ0) is 23.2. The van der Waals surface area contributed by atoms with Crippen molar-refractivity contribution in [1.29, 1.82) is 0 Å². The molecule has 3 aromatic rings. The van der Waals surface area contributed by atoms with E-state index in [2.05, 4.69) is 15.1 Å². The molecule has 2 heterocycles. The van der Waals surface area contributed by atoms with Gasteiger partial charge in [0.1, 0.15) is 5.82 Å². The van der Waals surface area contributed by atoms with Gasteiger partial charge in [0, 0.05) is 35.8 Å². The van der Waals surface area contributed by atoms with Gasteiger partial charge in [0.05, 0.1) is 35.8 Å². The Bertz CT molecular complexity index is 1240. The van der Waals surface area contributed by atoms with Crippen molar-refractivity contribution in [2.24, 2.45) is 17.0 Å². The first-order valence-corrected chi connectivity index (χ1v) is 10.3. The molecule has 0 saturated heterocycles. The van der Waals surface area contributed by atoms with Crippen LogP contribution in [0.4, 0.5) is 18.9 Å². The van der Waals surface area contributed by atoms with Gasteiger partial charge in [-0.3, -0.25) is 4.68 Å². The van der Waals surface area contributed by atoms with Crippen molar-refractivity contribution in [2.45, 2.75) is 32.9 Å². The van der Waals surface area contributed by atoms with Crippen molar-refractivity contribution < 1.29 is 13.2 Å². The summed E-state index contributed by atoms with van der Waals surface area (Å²) in [4.78, 5) is 12.7. The molecule has 10 heteroatoms. The molecule has 6 nitrogen and oxygen atoms in total. The summed E-state index contributed by atoms with van der Waals surface area (Å²) in [6, 6.07) is 4.91. The Balaban J connectivity index is 1.76. The molecule has 1 aromatic heterocycles. The zero-order valence-electron chi connectivity index (χ0n) is 18.1. The van der Waals surface area contributed by atoms with Crippen LogP contribution in [0.3, 0.4) is 0 Å². The first-order valence-electron chi connectivity index (χ1n) is 9.92. The van der Waals surface area contributed by atoms with Crippen LogP contribution in [0.5, 0.6) is 0 Å². The highest BCUT2D eigenvalue weighted by molar-refractivity contribution is 6.34. The van der Waals surface area contributed by atoms with Crippen LogP contribution < -0.4 is 0 Å². The summed E-state index contributed by atoms with van der Waals surface area (Å²) in [6.45, 7) is 6.27. The topological polar surface area (TPSA) is 49.0 Å². The zero-order valence-corrected chi connectivity index (χ0v) is 18.8. The van der Waals surface area contributed by atoms with E-state index in [9.17, 15) is 13.2 Å². The van der Waals surface area contributed by atoms with Gasteiger partial charge in [0.15, 0.2) is 11.6 Å². The van der Waals surface area contributed by atoms with Crippen molar-refractivity contribution in [3.8, 4) is 0 Å². The van der Waals surface area contributed by atoms with E-state index >= 15 is 0 Å². The third kappa shape index (κ3) is 4.43. The molecule has 0 N–H and O–H groups in total. The lowest BCUT2D eigenvalue weighted by Gasteiger charge is -2.41. The minimum atomic E-state index is -1.23. The predicted molar refractivity (Wildman–Crippen MR) is 120 cm³/mol. The maximum atomic E-state index is 14.4. The Morgan fingerprint density at radius 2 is 1.78 bits per heavy atom. The lowest BCUT2D eigenvalue weighted by Crippen LogP contribution is -2.51. The quantitative estimate of drug-likeness (QED) is 0.500. The number of aryl methyl sites for hydroxylation is 1. The second kappa shape index (κ2) is 8.12. The van der Waals surface area contributed by atoms with E-state index in [-0.39, 0.29) is 23.6 Å². The molecule has 1 aliphatic rings. The molecular weight excluding hydrogens is 441 g/mol. The Morgan fingerprint density at radius 3 is 2.50 bits per heavy atom. The summed E-state index contributed by atoms with van der Waals surface area (Å²) in [5, 5.41) is 5.56. The highest BCUT2D eigenvalue weighted by Gasteiger charge is 2.27. The highest BCUT2D eigenvalue weighted by atomic mass is 35.5. The molecule has 0 saturated carbocycles. The summed E-state index contributed by atoms with van der Waals surface area (Å²) >= 11 is 6.42. The van der Waals surface area contributed by atoms with E-state index in [0.717, 1.165) is 17.0 Å². The highest BCUT2D eigenvalue weighted by Crippen LogP contribution is 2.31. The van der Waals surface area contributed by atoms with Gasteiger partial charge < -0.3 is 9.80 Å². The molecule has 32 heavy (non-hydrogen) atoms. The fourth-order valence-electron chi connectivity index (χ4n) is 3.33. The smallest absolute Gasteiger partial charge is 0.229 e. The third-order valence-electron chi connectivity index (χ3n) is 5.14. The maximum absolute atomic E-state index is 14.4. The fourth-order valence-corrected chi connectivity index (χ4v) is 3.53. The minimum absolute atomic E-state index is 0.00336. The third-order valence-corrected chi connectivity index (χ3v) is 5.44. The molecule has 0 spiro atoms. The molecule has 168 valence electrons. The molecule has 0 unspecified atom stereocenters.